The van der Waals surface area contributed by atoms with Crippen molar-refractivity contribution in [3.05, 3.63) is 35.6 Å². The number of morpholine rings is 1. The normalized spacial score (nSPS) is 23.0. The SMILES string of the molecule is OC(CN1CCOCC1)CN1CCC(c2ccc(F)cc2)CC1. The van der Waals surface area contributed by atoms with Crippen LogP contribution in [0.4, 0.5) is 4.39 Å². The molecule has 1 unspecified atom stereocenters. The Kier molecular flexibility index (Phi) is 6.00. The Hall–Kier alpha value is -1.01. The van der Waals surface area contributed by atoms with Crippen molar-refractivity contribution in [2.24, 2.45) is 0 Å². The van der Waals surface area contributed by atoms with E-state index in [4.69, 9.17) is 4.74 Å². The van der Waals surface area contributed by atoms with Crippen LogP contribution in [-0.4, -0.2) is 73.5 Å². The van der Waals surface area contributed by atoms with E-state index >= 15 is 0 Å². The summed E-state index contributed by atoms with van der Waals surface area (Å²) in [6.45, 7) is 6.87. The summed E-state index contributed by atoms with van der Waals surface area (Å²) in [6.07, 6.45) is 1.86. The molecule has 0 aliphatic carbocycles. The molecule has 2 heterocycles. The molecular weight excluding hydrogens is 295 g/mol. The Morgan fingerprint density at radius 2 is 1.57 bits per heavy atom. The third-order valence-corrected chi connectivity index (χ3v) is 4.97. The fraction of sp³-hybridized carbons (Fsp3) is 0.667. The van der Waals surface area contributed by atoms with Crippen molar-refractivity contribution >= 4 is 0 Å². The van der Waals surface area contributed by atoms with E-state index in [-0.39, 0.29) is 11.9 Å². The minimum Gasteiger partial charge on any atom is -0.390 e. The van der Waals surface area contributed by atoms with Crippen molar-refractivity contribution in [2.45, 2.75) is 24.9 Å². The highest BCUT2D eigenvalue weighted by Gasteiger charge is 2.23. The molecule has 0 amide bonds. The number of piperidine rings is 1. The van der Waals surface area contributed by atoms with E-state index in [0.717, 1.165) is 65.3 Å². The van der Waals surface area contributed by atoms with E-state index in [1.165, 1.54) is 5.56 Å². The van der Waals surface area contributed by atoms with Crippen molar-refractivity contribution in [3.8, 4) is 0 Å². The molecule has 2 saturated heterocycles. The molecule has 0 aromatic heterocycles. The largest absolute Gasteiger partial charge is 0.390 e. The molecule has 3 rings (SSSR count). The van der Waals surface area contributed by atoms with Gasteiger partial charge in [0.1, 0.15) is 5.82 Å². The van der Waals surface area contributed by atoms with E-state index in [2.05, 4.69) is 9.80 Å². The number of ether oxygens (including phenoxy) is 1. The zero-order chi connectivity index (χ0) is 16.1. The van der Waals surface area contributed by atoms with E-state index in [1.54, 1.807) is 12.1 Å². The van der Waals surface area contributed by atoms with Gasteiger partial charge in [-0.15, -0.1) is 0 Å². The monoisotopic (exact) mass is 322 g/mol. The Morgan fingerprint density at radius 1 is 1.00 bits per heavy atom. The van der Waals surface area contributed by atoms with Gasteiger partial charge in [0.15, 0.2) is 0 Å². The molecule has 128 valence electrons. The highest BCUT2D eigenvalue weighted by Crippen LogP contribution is 2.28. The number of hydrogen-bond acceptors (Lipinski definition) is 4. The predicted octanol–water partition coefficient (Wildman–Crippen LogP) is 1.70. The molecular formula is C18H27FN2O2. The molecule has 2 aliphatic heterocycles. The van der Waals surface area contributed by atoms with Gasteiger partial charge in [-0.1, -0.05) is 12.1 Å². The molecule has 1 atom stereocenters. The lowest BCUT2D eigenvalue weighted by Crippen LogP contribution is -2.46. The Bertz CT molecular complexity index is 468. The second-order valence-corrected chi connectivity index (χ2v) is 6.69. The van der Waals surface area contributed by atoms with Crippen LogP contribution >= 0.6 is 0 Å². The maximum Gasteiger partial charge on any atom is 0.123 e. The number of likely N-dealkylation sites (tertiary alicyclic amines) is 1. The van der Waals surface area contributed by atoms with E-state index in [9.17, 15) is 9.50 Å². The van der Waals surface area contributed by atoms with Crippen LogP contribution in [0.15, 0.2) is 24.3 Å². The van der Waals surface area contributed by atoms with Gasteiger partial charge in [0.05, 0.1) is 19.3 Å². The number of β-amino-alcohol motifs (C(OH)–C–C–N with tert-alkyl or cyclic N) is 1. The highest BCUT2D eigenvalue weighted by atomic mass is 19.1. The van der Waals surface area contributed by atoms with Gasteiger partial charge in [-0.05, 0) is 49.5 Å². The van der Waals surface area contributed by atoms with Gasteiger partial charge in [-0.25, -0.2) is 4.39 Å². The van der Waals surface area contributed by atoms with Crippen LogP contribution in [0.2, 0.25) is 0 Å². The zero-order valence-corrected chi connectivity index (χ0v) is 13.7. The molecule has 1 N–H and O–H groups in total. The molecule has 0 spiro atoms. The number of nitrogens with zero attached hydrogens (tertiary/aromatic N) is 2. The molecule has 2 aliphatic rings. The minimum absolute atomic E-state index is 0.169. The number of hydrogen-bond donors (Lipinski definition) is 1. The highest BCUT2D eigenvalue weighted by molar-refractivity contribution is 5.21. The lowest BCUT2D eigenvalue weighted by molar-refractivity contribution is 0.00509. The van der Waals surface area contributed by atoms with Crippen molar-refractivity contribution in [1.29, 1.82) is 0 Å². The Morgan fingerprint density at radius 3 is 2.17 bits per heavy atom. The summed E-state index contributed by atoms with van der Waals surface area (Å²) in [5.74, 6) is 0.348. The molecule has 1 aromatic rings. The Balaban J connectivity index is 1.40. The second-order valence-electron chi connectivity index (χ2n) is 6.69. The van der Waals surface area contributed by atoms with Crippen LogP contribution in [0.3, 0.4) is 0 Å². The summed E-state index contributed by atoms with van der Waals surface area (Å²) in [7, 11) is 0. The summed E-state index contributed by atoms with van der Waals surface area (Å²) in [5, 5.41) is 10.3. The molecule has 23 heavy (non-hydrogen) atoms. The molecule has 2 fully saturated rings. The second kappa shape index (κ2) is 8.20. The van der Waals surface area contributed by atoms with Crippen molar-refractivity contribution in [2.75, 3.05) is 52.5 Å². The first-order chi connectivity index (χ1) is 11.2. The smallest absolute Gasteiger partial charge is 0.123 e. The van der Waals surface area contributed by atoms with Crippen LogP contribution in [0.5, 0.6) is 0 Å². The molecule has 4 nitrogen and oxygen atoms in total. The van der Waals surface area contributed by atoms with Crippen molar-refractivity contribution in [1.82, 2.24) is 9.80 Å². The fourth-order valence-electron chi connectivity index (χ4n) is 3.62. The first-order valence-electron chi connectivity index (χ1n) is 8.66. The minimum atomic E-state index is -0.296. The molecule has 1 aromatic carbocycles. The number of halogens is 1. The third-order valence-electron chi connectivity index (χ3n) is 4.97. The van der Waals surface area contributed by atoms with E-state index < -0.39 is 0 Å². The number of aliphatic hydroxyl groups is 1. The topological polar surface area (TPSA) is 35.9 Å². The summed E-state index contributed by atoms with van der Waals surface area (Å²) in [6, 6.07) is 6.91. The maximum atomic E-state index is 13.0. The van der Waals surface area contributed by atoms with E-state index in [1.807, 2.05) is 12.1 Å². The summed E-state index contributed by atoms with van der Waals surface area (Å²) in [4.78, 5) is 4.63. The first-order valence-corrected chi connectivity index (χ1v) is 8.66. The molecule has 0 bridgehead atoms. The quantitative estimate of drug-likeness (QED) is 0.895. The fourth-order valence-corrected chi connectivity index (χ4v) is 3.62. The van der Waals surface area contributed by atoms with Crippen LogP contribution < -0.4 is 0 Å². The number of rotatable bonds is 5. The van der Waals surface area contributed by atoms with Gasteiger partial charge in [0, 0.05) is 26.2 Å². The average molecular weight is 322 g/mol. The van der Waals surface area contributed by atoms with Gasteiger partial charge >= 0.3 is 0 Å². The van der Waals surface area contributed by atoms with Gasteiger partial charge < -0.3 is 14.7 Å². The van der Waals surface area contributed by atoms with E-state index in [0.29, 0.717) is 5.92 Å². The third kappa shape index (κ3) is 4.98. The maximum absolute atomic E-state index is 13.0. The van der Waals surface area contributed by atoms with Gasteiger partial charge in [-0.3, -0.25) is 4.90 Å². The van der Waals surface area contributed by atoms with Crippen LogP contribution in [0.1, 0.15) is 24.3 Å². The van der Waals surface area contributed by atoms with Gasteiger partial charge in [-0.2, -0.15) is 0 Å². The number of benzene rings is 1. The summed E-state index contributed by atoms with van der Waals surface area (Å²) < 4.78 is 18.3. The van der Waals surface area contributed by atoms with Crippen LogP contribution in [-0.2, 0) is 4.74 Å². The predicted molar refractivity (Wildman–Crippen MR) is 88.1 cm³/mol. The lowest BCUT2D eigenvalue weighted by atomic mass is 9.89. The van der Waals surface area contributed by atoms with Crippen molar-refractivity contribution in [3.63, 3.8) is 0 Å². The Labute approximate surface area is 137 Å². The zero-order valence-electron chi connectivity index (χ0n) is 13.7. The molecule has 0 saturated carbocycles. The van der Waals surface area contributed by atoms with Gasteiger partial charge in [0.2, 0.25) is 0 Å². The number of aliphatic hydroxyl groups excluding tert-OH is 1. The standard InChI is InChI=1S/C18H27FN2O2/c19-17-3-1-15(2-4-17)16-5-7-20(8-6-16)13-18(22)14-21-9-11-23-12-10-21/h1-4,16,18,22H,5-14H2. The summed E-state index contributed by atoms with van der Waals surface area (Å²) in [5.41, 5.74) is 1.24. The summed E-state index contributed by atoms with van der Waals surface area (Å²) >= 11 is 0. The lowest BCUT2D eigenvalue weighted by Gasteiger charge is -2.35. The van der Waals surface area contributed by atoms with Crippen LogP contribution in [0.25, 0.3) is 0 Å². The first kappa shape index (κ1) is 16.8. The molecule has 5 heteroatoms. The van der Waals surface area contributed by atoms with Crippen molar-refractivity contribution < 1.29 is 14.2 Å². The van der Waals surface area contributed by atoms with Gasteiger partial charge in [0.25, 0.3) is 0 Å². The van der Waals surface area contributed by atoms with Crippen LogP contribution in [0, 0.1) is 5.82 Å². The average Bonchev–Trinajstić information content (AvgIpc) is 2.57. The molecule has 0 radical (unpaired) electrons.